The monoisotopic (exact) mass is 138 g/mol. The third-order valence-electron chi connectivity index (χ3n) is 2.00. The lowest BCUT2D eigenvalue weighted by Crippen LogP contribution is -2.15. The van der Waals surface area contributed by atoms with E-state index >= 15 is 0 Å². The molecular weight excluding hydrogens is 128 g/mol. The summed E-state index contributed by atoms with van der Waals surface area (Å²) in [4.78, 5) is 0. The van der Waals surface area contributed by atoms with E-state index < -0.39 is 0 Å². The fourth-order valence-corrected chi connectivity index (χ4v) is 1.40. The summed E-state index contributed by atoms with van der Waals surface area (Å²) in [5.41, 5.74) is 6.89. The number of nitrogens with two attached hydrogens (primary N) is 1. The molecule has 0 bridgehead atoms. The van der Waals surface area contributed by atoms with Crippen LogP contribution in [0.4, 0.5) is 0 Å². The Morgan fingerprint density at radius 1 is 1.70 bits per heavy atom. The van der Waals surface area contributed by atoms with Gasteiger partial charge in [-0.3, -0.25) is 0 Å². The molecule has 3 nitrogen and oxygen atoms in total. The molecule has 3 heteroatoms. The molecule has 1 aromatic heterocycles. The van der Waals surface area contributed by atoms with Crippen molar-refractivity contribution in [2.45, 2.75) is 25.3 Å². The maximum absolute atomic E-state index is 5.79. The molecule has 1 heterocycles. The van der Waals surface area contributed by atoms with Crippen LogP contribution in [0.5, 0.6) is 0 Å². The third kappa shape index (κ3) is 0.743. The second kappa shape index (κ2) is 2.09. The van der Waals surface area contributed by atoms with E-state index in [4.69, 9.17) is 10.3 Å². The van der Waals surface area contributed by atoms with Crippen LogP contribution in [0.2, 0.25) is 0 Å². The van der Waals surface area contributed by atoms with Crippen molar-refractivity contribution in [1.29, 1.82) is 0 Å². The van der Waals surface area contributed by atoms with E-state index in [1.807, 2.05) is 0 Å². The molecule has 1 aliphatic rings. The Kier molecular flexibility index (Phi) is 1.24. The van der Waals surface area contributed by atoms with Crippen LogP contribution >= 0.6 is 0 Å². The molecule has 0 saturated carbocycles. The summed E-state index contributed by atoms with van der Waals surface area (Å²) in [5, 5.41) is 3.70. The number of rotatable bonds is 0. The van der Waals surface area contributed by atoms with Crippen molar-refractivity contribution in [2.75, 3.05) is 0 Å². The lowest BCUT2D eigenvalue weighted by atomic mass is 9.95. The van der Waals surface area contributed by atoms with Crippen LogP contribution in [-0.4, -0.2) is 5.16 Å². The van der Waals surface area contributed by atoms with Crippen LogP contribution < -0.4 is 5.73 Å². The average Bonchev–Trinajstić information content (AvgIpc) is 2.36. The Balaban J connectivity index is 2.41. The fraction of sp³-hybridized carbons (Fsp3) is 0.571. The minimum atomic E-state index is 0.162. The van der Waals surface area contributed by atoms with Gasteiger partial charge in [-0.1, -0.05) is 5.16 Å². The second-order valence-corrected chi connectivity index (χ2v) is 2.70. The SMILES string of the molecule is N[C@H]1CCCc2oncc21. The normalized spacial score (nSPS) is 24.3. The molecule has 0 spiro atoms. The number of fused-ring (bicyclic) bond motifs is 1. The maximum Gasteiger partial charge on any atom is 0.141 e. The van der Waals surface area contributed by atoms with Crippen LogP contribution in [-0.2, 0) is 6.42 Å². The molecule has 0 aliphatic heterocycles. The highest BCUT2D eigenvalue weighted by atomic mass is 16.5. The number of hydrogen-bond donors (Lipinski definition) is 1. The van der Waals surface area contributed by atoms with Gasteiger partial charge in [-0.15, -0.1) is 0 Å². The summed E-state index contributed by atoms with van der Waals surface area (Å²) >= 11 is 0. The van der Waals surface area contributed by atoms with Gasteiger partial charge < -0.3 is 10.3 Å². The molecule has 1 aliphatic carbocycles. The largest absolute Gasteiger partial charge is 0.361 e. The highest BCUT2D eigenvalue weighted by Gasteiger charge is 2.19. The van der Waals surface area contributed by atoms with Crippen molar-refractivity contribution < 1.29 is 4.52 Å². The van der Waals surface area contributed by atoms with Gasteiger partial charge in [0.2, 0.25) is 0 Å². The van der Waals surface area contributed by atoms with E-state index in [1.165, 1.54) is 0 Å². The minimum Gasteiger partial charge on any atom is -0.361 e. The predicted molar refractivity (Wildman–Crippen MR) is 36.4 cm³/mol. The van der Waals surface area contributed by atoms with Gasteiger partial charge in [-0.25, -0.2) is 0 Å². The van der Waals surface area contributed by atoms with Gasteiger partial charge in [-0.05, 0) is 12.8 Å². The summed E-state index contributed by atoms with van der Waals surface area (Å²) in [6.07, 6.45) is 4.93. The van der Waals surface area contributed by atoms with Crippen molar-refractivity contribution in [1.82, 2.24) is 5.16 Å². The van der Waals surface area contributed by atoms with E-state index in [-0.39, 0.29) is 6.04 Å². The molecule has 0 fully saturated rings. The maximum atomic E-state index is 5.79. The molecule has 2 N–H and O–H groups in total. The summed E-state index contributed by atoms with van der Waals surface area (Å²) in [6.45, 7) is 0. The number of hydrogen-bond acceptors (Lipinski definition) is 3. The zero-order chi connectivity index (χ0) is 6.97. The lowest BCUT2D eigenvalue weighted by molar-refractivity contribution is 0.365. The van der Waals surface area contributed by atoms with Gasteiger partial charge in [0.1, 0.15) is 5.76 Å². The minimum absolute atomic E-state index is 0.162. The quantitative estimate of drug-likeness (QED) is 0.582. The lowest BCUT2D eigenvalue weighted by Gasteiger charge is -2.14. The highest BCUT2D eigenvalue weighted by molar-refractivity contribution is 5.20. The van der Waals surface area contributed by atoms with Crippen LogP contribution in [0, 0.1) is 0 Å². The molecule has 0 unspecified atom stereocenters. The van der Waals surface area contributed by atoms with Crippen LogP contribution in [0.1, 0.15) is 30.2 Å². The molecule has 0 amide bonds. The first-order chi connectivity index (χ1) is 4.88. The van der Waals surface area contributed by atoms with Crippen molar-refractivity contribution in [3.63, 3.8) is 0 Å². The van der Waals surface area contributed by atoms with Crippen LogP contribution in [0.15, 0.2) is 10.7 Å². The number of aromatic nitrogens is 1. The summed E-state index contributed by atoms with van der Waals surface area (Å²) < 4.78 is 5.00. The first kappa shape index (κ1) is 5.92. The van der Waals surface area contributed by atoms with Gasteiger partial charge in [0.15, 0.2) is 0 Å². The summed E-state index contributed by atoms with van der Waals surface area (Å²) in [5.74, 6) is 0.985. The molecule has 0 saturated heterocycles. The molecule has 1 aromatic rings. The van der Waals surface area contributed by atoms with E-state index in [1.54, 1.807) is 6.20 Å². The molecule has 10 heavy (non-hydrogen) atoms. The Morgan fingerprint density at radius 2 is 2.60 bits per heavy atom. The standard InChI is InChI=1S/C7H10N2O/c8-6-2-1-3-7-5(6)4-9-10-7/h4,6H,1-3,8H2/t6-/m0/s1. The summed E-state index contributed by atoms with van der Waals surface area (Å²) in [6, 6.07) is 0.162. The van der Waals surface area contributed by atoms with Gasteiger partial charge >= 0.3 is 0 Å². The average molecular weight is 138 g/mol. The van der Waals surface area contributed by atoms with Crippen LogP contribution in [0.3, 0.4) is 0 Å². The molecule has 1 atom stereocenters. The number of aryl methyl sites for hydroxylation is 1. The Bertz CT molecular complexity index is 231. The van der Waals surface area contributed by atoms with Crippen molar-refractivity contribution >= 4 is 0 Å². The molecular formula is C7H10N2O. The zero-order valence-corrected chi connectivity index (χ0v) is 5.71. The first-order valence-corrected chi connectivity index (χ1v) is 3.57. The Labute approximate surface area is 59.2 Å². The molecule has 2 rings (SSSR count). The smallest absolute Gasteiger partial charge is 0.141 e. The molecule has 0 radical (unpaired) electrons. The number of nitrogens with zero attached hydrogens (tertiary/aromatic N) is 1. The van der Waals surface area contributed by atoms with Gasteiger partial charge in [0, 0.05) is 18.0 Å². The molecule has 0 aromatic carbocycles. The van der Waals surface area contributed by atoms with E-state index in [2.05, 4.69) is 5.16 Å². The second-order valence-electron chi connectivity index (χ2n) is 2.70. The van der Waals surface area contributed by atoms with E-state index in [9.17, 15) is 0 Å². The van der Waals surface area contributed by atoms with Gasteiger partial charge in [-0.2, -0.15) is 0 Å². The Morgan fingerprint density at radius 3 is 3.40 bits per heavy atom. The predicted octanol–water partition coefficient (Wildman–Crippen LogP) is 1.01. The van der Waals surface area contributed by atoms with Crippen molar-refractivity contribution in [3.8, 4) is 0 Å². The summed E-state index contributed by atoms with van der Waals surface area (Å²) in [7, 11) is 0. The van der Waals surface area contributed by atoms with Crippen LogP contribution in [0.25, 0.3) is 0 Å². The third-order valence-corrected chi connectivity index (χ3v) is 2.00. The van der Waals surface area contributed by atoms with Gasteiger partial charge in [0.25, 0.3) is 0 Å². The van der Waals surface area contributed by atoms with Crippen molar-refractivity contribution in [3.05, 3.63) is 17.5 Å². The first-order valence-electron chi connectivity index (χ1n) is 3.57. The Hall–Kier alpha value is -0.830. The van der Waals surface area contributed by atoms with Gasteiger partial charge in [0.05, 0.1) is 6.20 Å². The zero-order valence-electron chi connectivity index (χ0n) is 5.71. The highest BCUT2D eigenvalue weighted by Crippen LogP contribution is 2.26. The van der Waals surface area contributed by atoms with Crippen molar-refractivity contribution in [2.24, 2.45) is 5.73 Å². The molecule has 54 valence electrons. The van der Waals surface area contributed by atoms with E-state index in [0.29, 0.717) is 0 Å². The fourth-order valence-electron chi connectivity index (χ4n) is 1.40. The van der Waals surface area contributed by atoms with E-state index in [0.717, 1.165) is 30.6 Å². The topological polar surface area (TPSA) is 52.0 Å².